The van der Waals surface area contributed by atoms with Crippen molar-refractivity contribution in [3.05, 3.63) is 72.1 Å². The molecule has 3 aromatic rings. The molecule has 2 aliphatic rings. The normalized spacial score (nSPS) is 23.2. The zero-order chi connectivity index (χ0) is 20.6. The third kappa shape index (κ3) is 3.54. The molecule has 0 unspecified atom stereocenters. The lowest BCUT2D eigenvalue weighted by molar-refractivity contribution is 0.342. The molecular formula is C22H24N4O3S. The lowest BCUT2D eigenvalue weighted by atomic mass is 9.90. The van der Waals surface area contributed by atoms with E-state index in [2.05, 4.69) is 10.1 Å². The highest BCUT2D eigenvalue weighted by Gasteiger charge is 2.43. The Morgan fingerprint density at radius 3 is 2.47 bits per heavy atom. The van der Waals surface area contributed by atoms with Crippen LogP contribution in [0.5, 0.6) is 0 Å². The zero-order valence-corrected chi connectivity index (χ0v) is 17.4. The van der Waals surface area contributed by atoms with E-state index in [0.29, 0.717) is 29.8 Å². The van der Waals surface area contributed by atoms with Crippen molar-refractivity contribution in [2.24, 2.45) is 0 Å². The van der Waals surface area contributed by atoms with E-state index in [9.17, 15) is 8.42 Å². The Morgan fingerprint density at radius 2 is 1.73 bits per heavy atom. The Labute approximate surface area is 176 Å². The molecule has 1 saturated carbocycles. The van der Waals surface area contributed by atoms with E-state index in [1.54, 1.807) is 36.7 Å². The van der Waals surface area contributed by atoms with Gasteiger partial charge in [0.15, 0.2) is 5.82 Å². The molecule has 1 saturated heterocycles. The molecule has 7 nitrogen and oxygen atoms in total. The number of pyridine rings is 1. The first-order valence-electron chi connectivity index (χ1n) is 10.4. The minimum Gasteiger partial charge on any atom is -0.339 e. The molecule has 8 heteroatoms. The summed E-state index contributed by atoms with van der Waals surface area (Å²) in [7, 11) is -3.61. The Kier molecular flexibility index (Phi) is 5.12. The maximum atomic E-state index is 13.2. The van der Waals surface area contributed by atoms with Crippen LogP contribution in [0.15, 0.2) is 64.3 Å². The van der Waals surface area contributed by atoms with Gasteiger partial charge < -0.3 is 4.52 Å². The number of hydrogen-bond donors (Lipinski definition) is 0. The second-order valence-electron chi connectivity index (χ2n) is 8.11. The quantitative estimate of drug-likeness (QED) is 0.620. The highest BCUT2D eigenvalue weighted by atomic mass is 32.2. The van der Waals surface area contributed by atoms with Gasteiger partial charge in [0.2, 0.25) is 15.9 Å². The molecule has 2 atom stereocenters. The number of nitrogens with zero attached hydrogens (tertiary/aromatic N) is 4. The number of aromatic nitrogens is 3. The smallest absolute Gasteiger partial charge is 0.243 e. The Bertz CT molecular complexity index is 1100. The third-order valence-electron chi connectivity index (χ3n) is 6.27. The van der Waals surface area contributed by atoms with Crippen molar-refractivity contribution in [1.29, 1.82) is 0 Å². The molecule has 1 aliphatic carbocycles. The van der Waals surface area contributed by atoms with Crippen molar-refractivity contribution in [3.63, 3.8) is 0 Å². The summed E-state index contributed by atoms with van der Waals surface area (Å²) in [6, 6.07) is 12.4. The lowest BCUT2D eigenvalue weighted by Gasteiger charge is -2.16. The number of hydrogen-bond acceptors (Lipinski definition) is 6. The van der Waals surface area contributed by atoms with Crippen LogP contribution < -0.4 is 0 Å². The van der Waals surface area contributed by atoms with Crippen molar-refractivity contribution in [3.8, 4) is 0 Å². The molecule has 1 aliphatic heterocycles. The van der Waals surface area contributed by atoms with Crippen LogP contribution >= 0.6 is 0 Å². The van der Waals surface area contributed by atoms with Gasteiger partial charge in [0, 0.05) is 37.3 Å². The van der Waals surface area contributed by atoms with E-state index in [4.69, 9.17) is 9.51 Å². The summed E-state index contributed by atoms with van der Waals surface area (Å²) in [6.45, 7) is 0.665. The van der Waals surface area contributed by atoms with Gasteiger partial charge in [-0.1, -0.05) is 42.3 Å². The Hall–Kier alpha value is -2.58. The van der Waals surface area contributed by atoms with Crippen molar-refractivity contribution in [1.82, 2.24) is 19.4 Å². The maximum Gasteiger partial charge on any atom is 0.243 e. The molecule has 30 heavy (non-hydrogen) atoms. The second-order valence-corrected chi connectivity index (χ2v) is 10.0. The topological polar surface area (TPSA) is 89.2 Å². The highest BCUT2D eigenvalue weighted by Crippen LogP contribution is 2.42. The Balaban J connectivity index is 1.48. The molecule has 0 radical (unpaired) electrons. The van der Waals surface area contributed by atoms with Gasteiger partial charge in [0.05, 0.1) is 10.8 Å². The molecule has 2 aromatic heterocycles. The van der Waals surface area contributed by atoms with Crippen LogP contribution in [0.2, 0.25) is 0 Å². The minimum atomic E-state index is -3.61. The van der Waals surface area contributed by atoms with Crippen molar-refractivity contribution in [2.75, 3.05) is 13.1 Å². The standard InChI is InChI=1S/C22H24N4O3S/c27-30(28,18-10-2-1-3-11-18)26-14-19(17-9-6-12-23-13-17)20(15-26)22-24-21(25-29-22)16-7-4-5-8-16/h1-3,6,9-13,16,19-20H,4-5,7-8,14-15H2/t19-,20+/m0/s1. The largest absolute Gasteiger partial charge is 0.339 e. The maximum absolute atomic E-state index is 13.2. The van der Waals surface area contributed by atoms with Crippen LogP contribution in [0.25, 0.3) is 0 Å². The van der Waals surface area contributed by atoms with Crippen LogP contribution in [-0.2, 0) is 10.0 Å². The van der Waals surface area contributed by atoms with E-state index in [0.717, 1.165) is 24.2 Å². The average molecular weight is 425 g/mol. The summed E-state index contributed by atoms with van der Waals surface area (Å²) < 4.78 is 33.7. The molecule has 0 amide bonds. The fourth-order valence-electron chi connectivity index (χ4n) is 4.64. The lowest BCUT2D eigenvalue weighted by Crippen LogP contribution is -2.29. The highest BCUT2D eigenvalue weighted by molar-refractivity contribution is 7.89. The van der Waals surface area contributed by atoms with Crippen LogP contribution in [0.4, 0.5) is 0 Å². The van der Waals surface area contributed by atoms with E-state index in [1.807, 2.05) is 18.2 Å². The molecule has 0 bridgehead atoms. The summed E-state index contributed by atoms with van der Waals surface area (Å²) in [4.78, 5) is 9.25. The molecule has 0 N–H and O–H groups in total. The Morgan fingerprint density at radius 1 is 0.967 bits per heavy atom. The van der Waals surface area contributed by atoms with Crippen molar-refractivity contribution in [2.45, 2.75) is 48.3 Å². The summed E-state index contributed by atoms with van der Waals surface area (Å²) >= 11 is 0. The van der Waals surface area contributed by atoms with E-state index in [1.165, 1.54) is 17.1 Å². The van der Waals surface area contributed by atoms with Crippen LogP contribution in [0.1, 0.15) is 60.7 Å². The van der Waals surface area contributed by atoms with Gasteiger partial charge in [-0.3, -0.25) is 4.98 Å². The summed E-state index contributed by atoms with van der Waals surface area (Å²) in [6.07, 6.45) is 8.08. The van der Waals surface area contributed by atoms with E-state index >= 15 is 0 Å². The minimum absolute atomic E-state index is 0.0888. The molecule has 2 fully saturated rings. The van der Waals surface area contributed by atoms with Gasteiger partial charge in [-0.2, -0.15) is 9.29 Å². The molecule has 5 rings (SSSR count). The van der Waals surface area contributed by atoms with E-state index < -0.39 is 10.0 Å². The van der Waals surface area contributed by atoms with Gasteiger partial charge in [0.25, 0.3) is 0 Å². The number of sulfonamides is 1. The first-order chi connectivity index (χ1) is 14.6. The zero-order valence-electron chi connectivity index (χ0n) is 16.6. The monoisotopic (exact) mass is 424 g/mol. The second kappa shape index (κ2) is 7.92. The van der Waals surface area contributed by atoms with Gasteiger partial charge in [-0.05, 0) is 36.6 Å². The molecular weight excluding hydrogens is 400 g/mol. The van der Waals surface area contributed by atoms with Crippen molar-refractivity contribution < 1.29 is 12.9 Å². The fraction of sp³-hybridized carbons (Fsp3) is 0.409. The third-order valence-corrected chi connectivity index (χ3v) is 8.12. The van der Waals surface area contributed by atoms with E-state index in [-0.39, 0.29) is 11.8 Å². The van der Waals surface area contributed by atoms with Gasteiger partial charge in [-0.15, -0.1) is 0 Å². The van der Waals surface area contributed by atoms with Crippen LogP contribution in [0.3, 0.4) is 0 Å². The fourth-order valence-corrected chi connectivity index (χ4v) is 6.15. The van der Waals surface area contributed by atoms with Gasteiger partial charge in [0.1, 0.15) is 0 Å². The predicted molar refractivity (Wildman–Crippen MR) is 110 cm³/mol. The predicted octanol–water partition coefficient (Wildman–Crippen LogP) is 3.69. The molecule has 1 aromatic carbocycles. The molecule has 156 valence electrons. The first-order valence-corrected chi connectivity index (χ1v) is 11.9. The average Bonchev–Trinajstić information content (AvgIpc) is 3.55. The summed E-state index contributed by atoms with van der Waals surface area (Å²) in [5.74, 6) is 1.35. The summed E-state index contributed by atoms with van der Waals surface area (Å²) in [5.41, 5.74) is 0.980. The molecule has 3 heterocycles. The van der Waals surface area contributed by atoms with Gasteiger partial charge >= 0.3 is 0 Å². The number of benzene rings is 1. The first kappa shape index (κ1) is 19.4. The summed E-state index contributed by atoms with van der Waals surface area (Å²) in [5, 5.41) is 4.25. The molecule has 0 spiro atoms. The van der Waals surface area contributed by atoms with Gasteiger partial charge in [-0.25, -0.2) is 8.42 Å². The van der Waals surface area contributed by atoms with Crippen LogP contribution in [-0.4, -0.2) is 40.9 Å². The van der Waals surface area contributed by atoms with Crippen molar-refractivity contribution >= 4 is 10.0 Å². The van der Waals surface area contributed by atoms with Crippen LogP contribution in [0, 0.1) is 0 Å². The number of rotatable bonds is 5. The SMILES string of the molecule is O=S(=O)(c1ccccc1)N1C[C@@H](c2cccnc2)[C@H](c2nc(C3CCCC3)no2)C1.